The van der Waals surface area contributed by atoms with E-state index in [2.05, 4.69) is 29.8 Å². The van der Waals surface area contributed by atoms with Gasteiger partial charge in [-0.15, -0.1) is 22.7 Å². The number of unbranched alkanes of at least 4 members (excludes halogenated alkanes) is 15. The van der Waals surface area contributed by atoms with Crippen LogP contribution in [0.25, 0.3) is 9.75 Å². The molecule has 0 spiro atoms. The van der Waals surface area contributed by atoms with Gasteiger partial charge in [-0.3, -0.25) is 0 Å². The molecule has 0 amide bonds. The average Bonchev–Trinajstić information content (AvgIpc) is 3.57. The standard InChI is InChI=1S/C32H54O3S2/c1-3-4-5-6-7-8-9-10-11-12-13-14-15-16-17-18-19-30-20-25-36-32(30)31-26-29(28-37-31)27-35-24-23-34-22-21-33-2/h20,25-26,28H,3-19,21-24,27H2,1-2H3. The summed E-state index contributed by atoms with van der Waals surface area (Å²) in [5, 5.41) is 4.49. The molecule has 0 bridgehead atoms. The predicted molar refractivity (Wildman–Crippen MR) is 163 cm³/mol. The van der Waals surface area contributed by atoms with Crippen LogP contribution in [0.5, 0.6) is 0 Å². The van der Waals surface area contributed by atoms with Crippen molar-refractivity contribution in [2.45, 2.75) is 123 Å². The Morgan fingerprint density at radius 2 is 1.22 bits per heavy atom. The molecule has 5 heteroatoms. The highest BCUT2D eigenvalue weighted by molar-refractivity contribution is 7.20. The Bertz CT molecular complexity index is 755. The number of thiophene rings is 2. The summed E-state index contributed by atoms with van der Waals surface area (Å²) in [6.45, 7) is 5.46. The largest absolute Gasteiger partial charge is 0.382 e. The SMILES string of the molecule is CCCCCCCCCCCCCCCCCCc1ccsc1-c1cc(COCCOCCOC)cs1. The zero-order valence-electron chi connectivity index (χ0n) is 23.9. The second-order valence-corrected chi connectivity index (χ2v) is 12.1. The summed E-state index contributed by atoms with van der Waals surface area (Å²) in [4.78, 5) is 2.84. The van der Waals surface area contributed by atoms with Gasteiger partial charge in [-0.1, -0.05) is 103 Å². The molecule has 0 atom stereocenters. The molecule has 2 aromatic heterocycles. The molecule has 0 saturated heterocycles. The molecule has 3 nitrogen and oxygen atoms in total. The molecule has 0 aliphatic carbocycles. The second-order valence-electron chi connectivity index (χ2n) is 10.3. The lowest BCUT2D eigenvalue weighted by molar-refractivity contribution is 0.0200. The van der Waals surface area contributed by atoms with Gasteiger partial charge in [0.05, 0.1) is 33.0 Å². The average molecular weight is 551 g/mol. The summed E-state index contributed by atoms with van der Waals surface area (Å²) < 4.78 is 16.2. The minimum Gasteiger partial charge on any atom is -0.382 e. The van der Waals surface area contributed by atoms with Crippen LogP contribution in [0, 0.1) is 0 Å². The molecule has 0 unspecified atom stereocenters. The molecule has 2 heterocycles. The van der Waals surface area contributed by atoms with Gasteiger partial charge in [0.15, 0.2) is 0 Å². The fourth-order valence-electron chi connectivity index (χ4n) is 4.73. The van der Waals surface area contributed by atoms with Crippen molar-refractivity contribution in [3.63, 3.8) is 0 Å². The van der Waals surface area contributed by atoms with Gasteiger partial charge >= 0.3 is 0 Å². The molecule has 2 aromatic rings. The molecule has 0 N–H and O–H groups in total. The quantitative estimate of drug-likeness (QED) is 0.109. The van der Waals surface area contributed by atoms with Crippen molar-refractivity contribution < 1.29 is 14.2 Å². The Balaban J connectivity index is 1.46. The number of methoxy groups -OCH3 is 1. The van der Waals surface area contributed by atoms with Crippen LogP contribution in [-0.2, 0) is 27.2 Å². The van der Waals surface area contributed by atoms with E-state index < -0.39 is 0 Å². The van der Waals surface area contributed by atoms with E-state index in [1.807, 2.05) is 22.7 Å². The molecular formula is C32H54O3S2. The molecule has 0 aromatic carbocycles. The normalized spacial score (nSPS) is 11.5. The molecule has 0 saturated carbocycles. The van der Waals surface area contributed by atoms with Crippen molar-refractivity contribution in [1.82, 2.24) is 0 Å². The van der Waals surface area contributed by atoms with Crippen LogP contribution in [0.1, 0.15) is 121 Å². The number of hydrogen-bond acceptors (Lipinski definition) is 5. The van der Waals surface area contributed by atoms with Crippen LogP contribution >= 0.6 is 22.7 Å². The van der Waals surface area contributed by atoms with E-state index in [0.717, 1.165) is 0 Å². The Hall–Kier alpha value is -0.720. The first-order valence-corrected chi connectivity index (χ1v) is 16.9. The minimum absolute atomic E-state index is 0.620. The lowest BCUT2D eigenvalue weighted by atomic mass is 10.0. The first kappa shape index (κ1) is 32.5. The van der Waals surface area contributed by atoms with E-state index in [1.165, 1.54) is 130 Å². The third-order valence-electron chi connectivity index (χ3n) is 7.00. The number of ether oxygens (including phenoxy) is 3. The van der Waals surface area contributed by atoms with Crippen molar-refractivity contribution >= 4 is 22.7 Å². The summed E-state index contributed by atoms with van der Waals surface area (Å²) in [6.07, 6.45) is 24.0. The molecule has 0 fully saturated rings. The molecule has 0 aliphatic heterocycles. The fraction of sp³-hybridized carbons (Fsp3) is 0.750. The predicted octanol–water partition coefficient (Wildman–Crippen LogP) is 10.5. The maximum Gasteiger partial charge on any atom is 0.0726 e. The molecule has 37 heavy (non-hydrogen) atoms. The summed E-state index contributed by atoms with van der Waals surface area (Å²) >= 11 is 3.73. The van der Waals surface area contributed by atoms with E-state index in [1.54, 1.807) is 7.11 Å². The molecule has 0 aliphatic rings. The van der Waals surface area contributed by atoms with Gasteiger partial charge in [0, 0.05) is 16.9 Å². The van der Waals surface area contributed by atoms with Gasteiger partial charge in [0.25, 0.3) is 0 Å². The van der Waals surface area contributed by atoms with Crippen molar-refractivity contribution in [3.8, 4) is 9.75 Å². The second kappa shape index (κ2) is 23.2. The van der Waals surface area contributed by atoms with Crippen LogP contribution in [-0.4, -0.2) is 33.5 Å². The van der Waals surface area contributed by atoms with E-state index in [4.69, 9.17) is 14.2 Å². The van der Waals surface area contributed by atoms with Gasteiger partial charge in [0.2, 0.25) is 0 Å². The number of hydrogen-bond donors (Lipinski definition) is 0. The van der Waals surface area contributed by atoms with E-state index in [0.29, 0.717) is 33.0 Å². The zero-order chi connectivity index (χ0) is 26.2. The Morgan fingerprint density at radius 3 is 1.84 bits per heavy atom. The Labute approximate surface area is 236 Å². The molecule has 2 rings (SSSR count). The van der Waals surface area contributed by atoms with E-state index in [9.17, 15) is 0 Å². The molecule has 212 valence electrons. The summed E-state index contributed by atoms with van der Waals surface area (Å²) in [5.41, 5.74) is 2.79. The summed E-state index contributed by atoms with van der Waals surface area (Å²) in [5.74, 6) is 0. The lowest BCUT2D eigenvalue weighted by Gasteiger charge is -2.05. The Morgan fingerprint density at radius 1 is 0.649 bits per heavy atom. The third-order valence-corrected chi connectivity index (χ3v) is 9.11. The highest BCUT2D eigenvalue weighted by Gasteiger charge is 2.10. The van der Waals surface area contributed by atoms with Crippen LogP contribution in [0.2, 0.25) is 0 Å². The summed E-state index contributed by atoms with van der Waals surface area (Å²) in [7, 11) is 1.69. The van der Waals surface area contributed by atoms with Crippen molar-refractivity contribution in [2.24, 2.45) is 0 Å². The zero-order valence-corrected chi connectivity index (χ0v) is 25.5. The van der Waals surface area contributed by atoms with Gasteiger partial charge < -0.3 is 14.2 Å². The first-order valence-electron chi connectivity index (χ1n) is 15.1. The molecular weight excluding hydrogens is 496 g/mol. The van der Waals surface area contributed by atoms with Crippen molar-refractivity contribution in [3.05, 3.63) is 34.0 Å². The van der Waals surface area contributed by atoms with Crippen molar-refractivity contribution in [1.29, 1.82) is 0 Å². The van der Waals surface area contributed by atoms with Gasteiger partial charge in [0.1, 0.15) is 0 Å². The third kappa shape index (κ3) is 16.1. The van der Waals surface area contributed by atoms with Crippen LogP contribution in [0.3, 0.4) is 0 Å². The highest BCUT2D eigenvalue weighted by atomic mass is 32.1. The Kier molecular flexibility index (Phi) is 20.4. The number of aryl methyl sites for hydroxylation is 1. The topological polar surface area (TPSA) is 27.7 Å². The van der Waals surface area contributed by atoms with Crippen LogP contribution in [0.15, 0.2) is 22.9 Å². The van der Waals surface area contributed by atoms with E-state index >= 15 is 0 Å². The monoisotopic (exact) mass is 550 g/mol. The fourth-order valence-corrected chi connectivity index (χ4v) is 6.76. The van der Waals surface area contributed by atoms with Crippen LogP contribution < -0.4 is 0 Å². The summed E-state index contributed by atoms with van der Waals surface area (Å²) in [6, 6.07) is 4.64. The lowest BCUT2D eigenvalue weighted by Crippen LogP contribution is -2.08. The number of rotatable bonds is 26. The van der Waals surface area contributed by atoms with Gasteiger partial charge in [-0.05, 0) is 46.9 Å². The van der Waals surface area contributed by atoms with Crippen LogP contribution in [0.4, 0.5) is 0 Å². The smallest absolute Gasteiger partial charge is 0.0726 e. The molecule has 0 radical (unpaired) electrons. The van der Waals surface area contributed by atoms with Crippen molar-refractivity contribution in [2.75, 3.05) is 33.5 Å². The minimum atomic E-state index is 0.620. The highest BCUT2D eigenvalue weighted by Crippen LogP contribution is 2.35. The maximum atomic E-state index is 5.77. The van der Waals surface area contributed by atoms with Gasteiger partial charge in [-0.25, -0.2) is 0 Å². The van der Waals surface area contributed by atoms with E-state index in [-0.39, 0.29) is 0 Å². The van der Waals surface area contributed by atoms with Gasteiger partial charge in [-0.2, -0.15) is 0 Å². The first-order chi connectivity index (χ1) is 18.3. The maximum absolute atomic E-state index is 5.77.